The molecule has 1 aromatic heterocycles. The Morgan fingerprint density at radius 1 is 1.19 bits per heavy atom. The molecule has 3 aromatic rings. The highest BCUT2D eigenvalue weighted by Gasteiger charge is 2.41. The third-order valence-corrected chi connectivity index (χ3v) is 7.53. The van der Waals surface area contributed by atoms with Crippen molar-refractivity contribution in [3.05, 3.63) is 82.9 Å². The van der Waals surface area contributed by atoms with Gasteiger partial charge in [-0.25, -0.2) is 8.78 Å². The van der Waals surface area contributed by atoms with Crippen molar-refractivity contribution in [1.29, 1.82) is 0 Å². The van der Waals surface area contributed by atoms with Crippen LogP contribution in [0, 0.1) is 5.82 Å². The van der Waals surface area contributed by atoms with Gasteiger partial charge in [0.15, 0.2) is 0 Å². The van der Waals surface area contributed by atoms with E-state index in [1.165, 1.54) is 17.2 Å². The predicted octanol–water partition coefficient (Wildman–Crippen LogP) is 3.77. The number of aromatic nitrogens is 3. The molecule has 2 fully saturated rings. The van der Waals surface area contributed by atoms with Gasteiger partial charge < -0.3 is 10.2 Å². The third-order valence-electron chi connectivity index (χ3n) is 7.53. The van der Waals surface area contributed by atoms with Crippen molar-refractivity contribution in [2.45, 2.75) is 62.7 Å². The lowest BCUT2D eigenvalue weighted by atomic mass is 9.66. The number of hydrogen-bond donors (Lipinski definition) is 2. The number of nitrogens with zero attached hydrogens (tertiary/aromatic N) is 3. The molecule has 0 radical (unpaired) electrons. The quantitative estimate of drug-likeness (QED) is 0.524. The first kappa shape index (κ1) is 24.1. The van der Waals surface area contributed by atoms with Gasteiger partial charge in [0.25, 0.3) is 0 Å². The molecule has 2 N–H and O–H groups in total. The molecule has 5 rings (SSSR count). The van der Waals surface area contributed by atoms with E-state index in [1.54, 1.807) is 0 Å². The Kier molecular flexibility index (Phi) is 6.55. The number of likely N-dealkylation sites (tertiary alicyclic amines) is 1. The highest BCUT2D eigenvalue weighted by Crippen LogP contribution is 2.44. The van der Waals surface area contributed by atoms with Crippen LogP contribution in [0.4, 0.5) is 8.78 Å². The fraction of sp³-hybridized carbons (Fsp3) is 0.407. The Balaban J connectivity index is 1.39. The molecule has 0 bridgehead atoms. The summed E-state index contributed by atoms with van der Waals surface area (Å²) in [5.41, 5.74) is 2.38. The van der Waals surface area contributed by atoms with Crippen LogP contribution in [0.3, 0.4) is 0 Å². The molecule has 3 unspecified atom stereocenters. The summed E-state index contributed by atoms with van der Waals surface area (Å²) in [6.07, 6.45) is 2.95. The van der Waals surface area contributed by atoms with E-state index in [-0.39, 0.29) is 36.5 Å². The number of carbonyl (C=O) groups is 2. The van der Waals surface area contributed by atoms with Gasteiger partial charge in [0.2, 0.25) is 11.8 Å². The number of amides is 2. The van der Waals surface area contributed by atoms with Gasteiger partial charge in [-0.15, -0.1) is 5.10 Å². The molecular formula is C27H29F2N5O2. The van der Waals surface area contributed by atoms with Crippen LogP contribution in [0.1, 0.15) is 61.0 Å². The highest BCUT2D eigenvalue weighted by atomic mass is 19.1. The number of alkyl halides is 1. The van der Waals surface area contributed by atoms with Gasteiger partial charge >= 0.3 is 0 Å². The van der Waals surface area contributed by atoms with Crippen molar-refractivity contribution >= 4 is 11.8 Å². The number of aromatic amines is 1. The van der Waals surface area contributed by atoms with Crippen molar-refractivity contribution in [1.82, 2.24) is 25.6 Å². The second kappa shape index (κ2) is 9.79. The van der Waals surface area contributed by atoms with Crippen LogP contribution in [-0.2, 0) is 21.4 Å². The molecule has 1 aliphatic heterocycles. The first-order valence-corrected chi connectivity index (χ1v) is 12.3. The summed E-state index contributed by atoms with van der Waals surface area (Å²) < 4.78 is 29.7. The topological polar surface area (TPSA) is 91.0 Å². The number of nitrogens with one attached hydrogen (secondary N) is 2. The Bertz CT molecular complexity index is 1230. The molecule has 1 saturated heterocycles. The van der Waals surface area contributed by atoms with Crippen LogP contribution in [-0.4, -0.2) is 50.9 Å². The SMILES string of the molecule is CC1(c2ccc(C(NC(=O)C3CC(F)CN3C(=O)Cc3cnn[nH]3)c3ccccc3)cc2F)CCC1. The van der Waals surface area contributed by atoms with E-state index in [1.807, 2.05) is 42.5 Å². The number of carbonyl (C=O) groups excluding carboxylic acids is 2. The zero-order valence-corrected chi connectivity index (χ0v) is 20.1. The Morgan fingerprint density at radius 2 is 1.97 bits per heavy atom. The standard InChI is InChI=1S/C27H29F2N5O2/c1-27(10-5-11-27)21-9-8-18(12-22(21)29)25(17-6-3-2-4-7-17)31-26(36)23-13-19(28)16-34(23)24(35)14-20-15-30-33-32-20/h2-4,6-9,12,15,19,23,25H,5,10-11,13-14,16H2,1H3,(H,31,36)(H,30,32,33). The van der Waals surface area contributed by atoms with E-state index in [0.717, 1.165) is 24.8 Å². The van der Waals surface area contributed by atoms with E-state index in [0.29, 0.717) is 16.8 Å². The maximum Gasteiger partial charge on any atom is 0.243 e. The van der Waals surface area contributed by atoms with Gasteiger partial charge in [0, 0.05) is 6.42 Å². The number of benzene rings is 2. The van der Waals surface area contributed by atoms with Crippen molar-refractivity contribution < 1.29 is 18.4 Å². The molecule has 9 heteroatoms. The summed E-state index contributed by atoms with van der Waals surface area (Å²) >= 11 is 0. The van der Waals surface area contributed by atoms with Gasteiger partial charge in [-0.1, -0.05) is 61.0 Å². The van der Waals surface area contributed by atoms with Gasteiger partial charge in [-0.05, 0) is 41.0 Å². The lowest BCUT2D eigenvalue weighted by molar-refractivity contribution is -0.138. The van der Waals surface area contributed by atoms with E-state index in [2.05, 4.69) is 27.7 Å². The van der Waals surface area contributed by atoms with E-state index >= 15 is 4.39 Å². The average Bonchev–Trinajstić information content (AvgIpc) is 3.51. The summed E-state index contributed by atoms with van der Waals surface area (Å²) in [4.78, 5) is 27.6. The van der Waals surface area contributed by atoms with Crippen LogP contribution < -0.4 is 5.32 Å². The summed E-state index contributed by atoms with van der Waals surface area (Å²) in [6.45, 7) is 1.92. The monoisotopic (exact) mass is 493 g/mol. The van der Waals surface area contributed by atoms with Crippen molar-refractivity contribution in [2.24, 2.45) is 0 Å². The van der Waals surface area contributed by atoms with Crippen LogP contribution in [0.2, 0.25) is 0 Å². The number of hydrogen-bond acceptors (Lipinski definition) is 4. The van der Waals surface area contributed by atoms with Crippen molar-refractivity contribution in [3.8, 4) is 0 Å². The number of H-pyrrole nitrogens is 1. The second-order valence-electron chi connectivity index (χ2n) is 10.1. The zero-order chi connectivity index (χ0) is 25.3. The molecule has 7 nitrogen and oxygen atoms in total. The number of halogens is 2. The first-order chi connectivity index (χ1) is 17.3. The lowest BCUT2D eigenvalue weighted by Gasteiger charge is -2.39. The minimum atomic E-state index is -1.31. The highest BCUT2D eigenvalue weighted by molar-refractivity contribution is 5.89. The summed E-state index contributed by atoms with van der Waals surface area (Å²) in [7, 11) is 0. The minimum absolute atomic E-state index is 0.0585. The van der Waals surface area contributed by atoms with Gasteiger partial charge in [-0.2, -0.15) is 0 Å². The first-order valence-electron chi connectivity index (χ1n) is 12.3. The third kappa shape index (κ3) is 4.74. The van der Waals surface area contributed by atoms with Crippen LogP contribution >= 0.6 is 0 Å². The Labute approximate surface area is 208 Å². The molecule has 0 spiro atoms. The summed E-state index contributed by atoms with van der Waals surface area (Å²) in [6, 6.07) is 12.8. The maximum atomic E-state index is 15.3. The molecule has 1 saturated carbocycles. The Hall–Kier alpha value is -3.62. The molecule has 36 heavy (non-hydrogen) atoms. The second-order valence-corrected chi connectivity index (χ2v) is 10.1. The van der Waals surface area contributed by atoms with Gasteiger partial charge in [0.1, 0.15) is 18.0 Å². The molecule has 1 aliphatic carbocycles. The normalized spacial score (nSPS) is 21.6. The summed E-state index contributed by atoms with van der Waals surface area (Å²) in [5.74, 6) is -1.16. The maximum absolute atomic E-state index is 15.3. The summed E-state index contributed by atoms with van der Waals surface area (Å²) in [5, 5.41) is 12.8. The molecule has 188 valence electrons. The Morgan fingerprint density at radius 3 is 2.61 bits per heavy atom. The average molecular weight is 494 g/mol. The zero-order valence-electron chi connectivity index (χ0n) is 20.1. The van der Waals surface area contributed by atoms with Crippen LogP contribution in [0.5, 0.6) is 0 Å². The molecular weight excluding hydrogens is 464 g/mol. The van der Waals surface area contributed by atoms with E-state index in [4.69, 9.17) is 0 Å². The minimum Gasteiger partial charge on any atom is -0.343 e. The number of rotatable bonds is 7. The predicted molar refractivity (Wildman–Crippen MR) is 129 cm³/mol. The fourth-order valence-electron chi connectivity index (χ4n) is 5.30. The molecule has 2 heterocycles. The van der Waals surface area contributed by atoms with Crippen LogP contribution in [0.25, 0.3) is 0 Å². The van der Waals surface area contributed by atoms with E-state index < -0.39 is 24.2 Å². The van der Waals surface area contributed by atoms with Crippen molar-refractivity contribution in [2.75, 3.05) is 6.54 Å². The largest absolute Gasteiger partial charge is 0.343 e. The lowest BCUT2D eigenvalue weighted by Crippen LogP contribution is -2.47. The van der Waals surface area contributed by atoms with Gasteiger partial charge in [-0.3, -0.25) is 14.7 Å². The molecule has 2 aliphatic rings. The van der Waals surface area contributed by atoms with Gasteiger partial charge in [0.05, 0.1) is 30.9 Å². The van der Waals surface area contributed by atoms with E-state index in [9.17, 15) is 14.0 Å². The molecule has 2 amide bonds. The smallest absolute Gasteiger partial charge is 0.243 e. The fourth-order valence-corrected chi connectivity index (χ4v) is 5.30. The van der Waals surface area contributed by atoms with Crippen LogP contribution in [0.15, 0.2) is 54.7 Å². The molecule has 2 aromatic carbocycles. The molecule has 3 atom stereocenters. The van der Waals surface area contributed by atoms with Crippen molar-refractivity contribution in [3.63, 3.8) is 0 Å².